The van der Waals surface area contributed by atoms with Crippen LogP contribution in [0.15, 0.2) is 0 Å². The molecule has 2 nitrogen and oxygen atoms in total. The molecule has 0 spiro atoms. The Morgan fingerprint density at radius 3 is 2.39 bits per heavy atom. The number of nitrogens with zero attached hydrogens (tertiary/aromatic N) is 1. The highest BCUT2D eigenvalue weighted by atomic mass is 15.2. The van der Waals surface area contributed by atoms with Crippen molar-refractivity contribution in [2.24, 2.45) is 17.3 Å². The van der Waals surface area contributed by atoms with Gasteiger partial charge in [0.1, 0.15) is 0 Å². The van der Waals surface area contributed by atoms with Crippen LogP contribution in [0.25, 0.3) is 0 Å². The lowest BCUT2D eigenvalue weighted by Gasteiger charge is -2.34. The van der Waals surface area contributed by atoms with Crippen LogP contribution in [0.4, 0.5) is 0 Å². The molecule has 0 radical (unpaired) electrons. The molecule has 2 heteroatoms. The van der Waals surface area contributed by atoms with Crippen molar-refractivity contribution in [2.45, 2.75) is 52.9 Å². The highest BCUT2D eigenvalue weighted by Gasteiger charge is 2.38. The van der Waals surface area contributed by atoms with Crippen molar-refractivity contribution < 1.29 is 0 Å². The maximum atomic E-state index is 3.57. The zero-order valence-electron chi connectivity index (χ0n) is 12.7. The molecule has 0 aromatic carbocycles. The van der Waals surface area contributed by atoms with E-state index in [-0.39, 0.29) is 0 Å². The maximum absolute atomic E-state index is 3.57. The minimum atomic E-state index is 0.476. The fourth-order valence-electron chi connectivity index (χ4n) is 4.25. The van der Waals surface area contributed by atoms with Crippen molar-refractivity contribution in [3.63, 3.8) is 0 Å². The van der Waals surface area contributed by atoms with Crippen LogP contribution in [0.2, 0.25) is 0 Å². The molecule has 0 aromatic rings. The van der Waals surface area contributed by atoms with Crippen molar-refractivity contribution >= 4 is 0 Å². The van der Waals surface area contributed by atoms with Crippen molar-refractivity contribution in [1.82, 2.24) is 10.2 Å². The second-order valence-corrected chi connectivity index (χ2v) is 6.99. The van der Waals surface area contributed by atoms with Crippen LogP contribution >= 0.6 is 0 Å². The predicted octanol–water partition coefficient (Wildman–Crippen LogP) is 3.13. The van der Waals surface area contributed by atoms with Crippen LogP contribution in [-0.2, 0) is 0 Å². The highest BCUT2D eigenvalue weighted by molar-refractivity contribution is 4.91. The van der Waals surface area contributed by atoms with Crippen LogP contribution < -0.4 is 5.32 Å². The Morgan fingerprint density at radius 1 is 1.17 bits per heavy atom. The number of nitrogens with one attached hydrogen (secondary N) is 1. The van der Waals surface area contributed by atoms with E-state index >= 15 is 0 Å². The summed E-state index contributed by atoms with van der Waals surface area (Å²) in [5, 5.41) is 3.57. The van der Waals surface area contributed by atoms with E-state index in [1.54, 1.807) is 0 Å². The van der Waals surface area contributed by atoms with Gasteiger partial charge in [0.15, 0.2) is 0 Å². The van der Waals surface area contributed by atoms with E-state index in [2.05, 4.69) is 31.0 Å². The molecule has 0 amide bonds. The number of hydrogen-bond donors (Lipinski definition) is 1. The molecule has 3 unspecified atom stereocenters. The number of fused-ring (bicyclic) bond motifs is 1. The molecule has 18 heavy (non-hydrogen) atoms. The van der Waals surface area contributed by atoms with Gasteiger partial charge in [-0.15, -0.1) is 0 Å². The second kappa shape index (κ2) is 6.38. The molecular formula is C16H32N2. The molecule has 1 saturated carbocycles. The molecule has 2 fully saturated rings. The largest absolute Gasteiger partial charge is 0.316 e. The van der Waals surface area contributed by atoms with Gasteiger partial charge in [-0.05, 0) is 43.1 Å². The second-order valence-electron chi connectivity index (χ2n) is 6.99. The Labute approximate surface area is 114 Å². The predicted molar refractivity (Wildman–Crippen MR) is 78.8 cm³/mol. The lowest BCUT2D eigenvalue weighted by Crippen LogP contribution is -2.42. The van der Waals surface area contributed by atoms with E-state index in [0.717, 1.165) is 18.4 Å². The molecule has 1 N–H and O–H groups in total. The van der Waals surface area contributed by atoms with Crippen molar-refractivity contribution in [2.75, 3.05) is 32.7 Å². The number of hydrogen-bond acceptors (Lipinski definition) is 2. The van der Waals surface area contributed by atoms with Gasteiger partial charge < -0.3 is 10.2 Å². The summed E-state index contributed by atoms with van der Waals surface area (Å²) in [7, 11) is 0. The molecule has 1 saturated heterocycles. The van der Waals surface area contributed by atoms with Crippen LogP contribution in [0.1, 0.15) is 52.9 Å². The van der Waals surface area contributed by atoms with E-state index in [1.807, 2.05) is 0 Å². The van der Waals surface area contributed by atoms with Gasteiger partial charge in [0.2, 0.25) is 0 Å². The van der Waals surface area contributed by atoms with Crippen molar-refractivity contribution in [1.29, 1.82) is 0 Å². The normalized spacial score (nSPS) is 31.5. The molecule has 106 valence electrons. The van der Waals surface area contributed by atoms with Gasteiger partial charge in [-0.3, -0.25) is 0 Å². The molecular weight excluding hydrogens is 220 g/mol. The average Bonchev–Trinajstić information content (AvgIpc) is 2.87. The first-order valence-electron chi connectivity index (χ1n) is 8.10. The molecule has 0 aromatic heterocycles. The SMILES string of the molecule is CCCC(C)(CNCC)CN1CC2CCCC2C1. The molecule has 2 rings (SSSR count). The summed E-state index contributed by atoms with van der Waals surface area (Å²) in [6, 6.07) is 0. The summed E-state index contributed by atoms with van der Waals surface area (Å²) in [5.74, 6) is 2.07. The minimum absolute atomic E-state index is 0.476. The Balaban J connectivity index is 1.84. The summed E-state index contributed by atoms with van der Waals surface area (Å²) in [6.45, 7) is 13.4. The summed E-state index contributed by atoms with van der Waals surface area (Å²) in [6.07, 6.45) is 7.15. The monoisotopic (exact) mass is 252 g/mol. The molecule has 2 aliphatic rings. The molecule has 1 aliphatic heterocycles. The van der Waals surface area contributed by atoms with Crippen molar-refractivity contribution in [3.8, 4) is 0 Å². The topological polar surface area (TPSA) is 15.3 Å². The minimum Gasteiger partial charge on any atom is -0.316 e. The zero-order chi connectivity index (χ0) is 13.0. The van der Waals surface area contributed by atoms with Gasteiger partial charge in [-0.25, -0.2) is 0 Å². The first-order valence-corrected chi connectivity index (χ1v) is 8.10. The van der Waals surface area contributed by atoms with E-state index in [1.165, 1.54) is 58.3 Å². The third kappa shape index (κ3) is 3.48. The molecule has 0 bridgehead atoms. The van der Waals surface area contributed by atoms with E-state index in [4.69, 9.17) is 0 Å². The van der Waals surface area contributed by atoms with Crippen LogP contribution in [0.5, 0.6) is 0 Å². The lowest BCUT2D eigenvalue weighted by molar-refractivity contribution is 0.165. The van der Waals surface area contributed by atoms with Gasteiger partial charge >= 0.3 is 0 Å². The zero-order valence-corrected chi connectivity index (χ0v) is 12.7. The summed E-state index contributed by atoms with van der Waals surface area (Å²) in [5.41, 5.74) is 0.476. The van der Waals surface area contributed by atoms with Gasteiger partial charge in [-0.2, -0.15) is 0 Å². The first kappa shape index (κ1) is 14.3. The molecule has 1 heterocycles. The molecule has 3 atom stereocenters. The Morgan fingerprint density at radius 2 is 1.83 bits per heavy atom. The van der Waals surface area contributed by atoms with Gasteiger partial charge in [0, 0.05) is 26.2 Å². The van der Waals surface area contributed by atoms with Crippen LogP contribution in [0.3, 0.4) is 0 Å². The highest BCUT2D eigenvalue weighted by Crippen LogP contribution is 2.39. The Kier molecular flexibility index (Phi) is 5.08. The summed E-state index contributed by atoms with van der Waals surface area (Å²) in [4.78, 5) is 2.77. The Bertz CT molecular complexity index is 241. The summed E-state index contributed by atoms with van der Waals surface area (Å²) < 4.78 is 0. The van der Waals surface area contributed by atoms with E-state index in [9.17, 15) is 0 Å². The first-order chi connectivity index (χ1) is 8.67. The third-order valence-electron chi connectivity index (χ3n) is 5.06. The summed E-state index contributed by atoms with van der Waals surface area (Å²) >= 11 is 0. The van der Waals surface area contributed by atoms with Gasteiger partial charge in [-0.1, -0.05) is 33.6 Å². The molecule has 1 aliphatic carbocycles. The van der Waals surface area contributed by atoms with Gasteiger partial charge in [0.05, 0.1) is 0 Å². The van der Waals surface area contributed by atoms with Gasteiger partial charge in [0.25, 0.3) is 0 Å². The smallest absolute Gasteiger partial charge is 0.00477 e. The van der Waals surface area contributed by atoms with Crippen molar-refractivity contribution in [3.05, 3.63) is 0 Å². The maximum Gasteiger partial charge on any atom is 0.00477 e. The lowest BCUT2D eigenvalue weighted by atomic mass is 9.84. The Hall–Kier alpha value is -0.0800. The fraction of sp³-hybridized carbons (Fsp3) is 1.00. The standard InChI is InChI=1S/C16H32N2/c1-4-9-16(3,12-17-5-2)13-18-10-14-7-6-8-15(14)11-18/h14-15,17H,4-13H2,1-3H3. The third-order valence-corrected chi connectivity index (χ3v) is 5.06. The number of rotatable bonds is 7. The van der Waals surface area contributed by atoms with Crippen LogP contribution in [-0.4, -0.2) is 37.6 Å². The average molecular weight is 252 g/mol. The van der Waals surface area contributed by atoms with E-state index < -0.39 is 0 Å². The number of likely N-dealkylation sites (tertiary alicyclic amines) is 1. The quantitative estimate of drug-likeness (QED) is 0.749. The fourth-order valence-corrected chi connectivity index (χ4v) is 4.25. The van der Waals surface area contributed by atoms with E-state index in [0.29, 0.717) is 5.41 Å². The van der Waals surface area contributed by atoms with Crippen LogP contribution in [0, 0.1) is 17.3 Å².